The lowest BCUT2D eigenvalue weighted by Gasteiger charge is -2.11. The molecule has 0 amide bonds. The van der Waals surface area contributed by atoms with E-state index in [1.165, 1.54) is 5.56 Å². The van der Waals surface area contributed by atoms with E-state index in [4.69, 9.17) is 16.6 Å². The van der Waals surface area contributed by atoms with Crippen LogP contribution in [0.3, 0.4) is 0 Å². The summed E-state index contributed by atoms with van der Waals surface area (Å²) in [5.74, 6) is 1.49. The van der Waals surface area contributed by atoms with Crippen LogP contribution >= 0.6 is 11.6 Å². The van der Waals surface area contributed by atoms with Crippen LogP contribution in [0.25, 0.3) is 16.7 Å². The number of aryl methyl sites for hydroxylation is 1. The van der Waals surface area contributed by atoms with Gasteiger partial charge in [0, 0.05) is 17.1 Å². The molecule has 0 saturated heterocycles. The molecule has 2 aromatic heterocycles. The van der Waals surface area contributed by atoms with Crippen LogP contribution in [0.2, 0.25) is 5.02 Å². The van der Waals surface area contributed by atoms with E-state index >= 15 is 0 Å². The number of aromatic nitrogens is 4. The standard InChI is InChI=1S/C25H20ClN7/c1-15-29-32-25-24(28-20-4-2-3-5-23(20)33(15)25)27-19-12-8-17(9-13-19)22-14-21(30-31-22)16-6-10-18(26)11-7-16/h2-13,21,30H,14H2,1H3,(H,27,28). The second kappa shape index (κ2) is 7.86. The minimum absolute atomic E-state index is 0.154. The van der Waals surface area contributed by atoms with Gasteiger partial charge in [-0.25, -0.2) is 4.98 Å². The van der Waals surface area contributed by atoms with E-state index in [1.54, 1.807) is 0 Å². The zero-order valence-corrected chi connectivity index (χ0v) is 18.6. The Morgan fingerprint density at radius 1 is 0.970 bits per heavy atom. The average molecular weight is 454 g/mol. The molecule has 0 aliphatic carbocycles. The lowest BCUT2D eigenvalue weighted by atomic mass is 9.99. The number of hydrogen-bond donors (Lipinski definition) is 2. The zero-order valence-electron chi connectivity index (χ0n) is 17.8. The quantitative estimate of drug-likeness (QED) is 0.379. The van der Waals surface area contributed by atoms with Gasteiger partial charge in [0.2, 0.25) is 5.65 Å². The molecule has 3 aromatic carbocycles. The highest BCUT2D eigenvalue weighted by atomic mass is 35.5. The van der Waals surface area contributed by atoms with Crippen molar-refractivity contribution in [3.63, 3.8) is 0 Å². The van der Waals surface area contributed by atoms with Crippen LogP contribution in [0.5, 0.6) is 0 Å². The first kappa shape index (κ1) is 19.7. The van der Waals surface area contributed by atoms with E-state index in [-0.39, 0.29) is 6.04 Å². The molecule has 7 nitrogen and oxygen atoms in total. The number of nitrogens with one attached hydrogen (secondary N) is 2. The molecule has 162 valence electrons. The lowest BCUT2D eigenvalue weighted by molar-refractivity contribution is 0.620. The Balaban J connectivity index is 1.24. The third kappa shape index (κ3) is 3.56. The highest BCUT2D eigenvalue weighted by Gasteiger charge is 2.21. The molecule has 0 bridgehead atoms. The monoisotopic (exact) mass is 453 g/mol. The maximum Gasteiger partial charge on any atom is 0.204 e. The zero-order chi connectivity index (χ0) is 22.4. The summed E-state index contributed by atoms with van der Waals surface area (Å²) in [7, 11) is 0. The molecule has 1 unspecified atom stereocenters. The molecule has 0 fully saturated rings. The summed E-state index contributed by atoms with van der Waals surface area (Å²) >= 11 is 6.01. The van der Waals surface area contributed by atoms with Crippen molar-refractivity contribution in [1.29, 1.82) is 0 Å². The molecule has 33 heavy (non-hydrogen) atoms. The van der Waals surface area contributed by atoms with Gasteiger partial charge in [0.15, 0.2) is 5.82 Å². The maximum atomic E-state index is 6.01. The number of hydrogen-bond acceptors (Lipinski definition) is 6. The Kier molecular flexibility index (Phi) is 4.69. The smallest absolute Gasteiger partial charge is 0.204 e. The predicted octanol–water partition coefficient (Wildman–Crippen LogP) is 5.42. The van der Waals surface area contributed by atoms with E-state index in [9.17, 15) is 0 Å². The van der Waals surface area contributed by atoms with E-state index in [1.807, 2.05) is 72.0 Å². The van der Waals surface area contributed by atoms with Crippen molar-refractivity contribution in [3.05, 3.63) is 94.8 Å². The second-order valence-electron chi connectivity index (χ2n) is 8.05. The van der Waals surface area contributed by atoms with E-state index in [2.05, 4.69) is 38.2 Å². The minimum Gasteiger partial charge on any atom is -0.337 e. The van der Waals surface area contributed by atoms with Gasteiger partial charge in [0.1, 0.15) is 5.82 Å². The molecule has 0 spiro atoms. The highest BCUT2D eigenvalue weighted by Crippen LogP contribution is 2.28. The van der Waals surface area contributed by atoms with Gasteiger partial charge >= 0.3 is 0 Å². The molecule has 6 rings (SSSR count). The molecule has 3 heterocycles. The van der Waals surface area contributed by atoms with Gasteiger partial charge in [-0.15, -0.1) is 10.2 Å². The van der Waals surface area contributed by atoms with Gasteiger partial charge in [0.05, 0.1) is 22.8 Å². The first-order valence-electron chi connectivity index (χ1n) is 10.7. The normalized spacial score (nSPS) is 15.6. The molecule has 8 heteroatoms. The van der Waals surface area contributed by atoms with Gasteiger partial charge in [-0.05, 0) is 54.4 Å². The molecular weight excluding hydrogens is 434 g/mol. The van der Waals surface area contributed by atoms with E-state index < -0.39 is 0 Å². The summed E-state index contributed by atoms with van der Waals surface area (Å²) in [4.78, 5) is 4.78. The first-order valence-corrected chi connectivity index (χ1v) is 11.1. The fraction of sp³-hybridized carbons (Fsp3) is 0.120. The van der Waals surface area contributed by atoms with Crippen LogP contribution in [-0.2, 0) is 0 Å². The number of para-hydroxylation sites is 2. The summed E-state index contributed by atoms with van der Waals surface area (Å²) in [5, 5.41) is 17.3. The highest BCUT2D eigenvalue weighted by molar-refractivity contribution is 6.30. The van der Waals surface area contributed by atoms with Gasteiger partial charge in [-0.3, -0.25) is 4.40 Å². The van der Waals surface area contributed by atoms with Crippen molar-refractivity contribution >= 4 is 45.5 Å². The van der Waals surface area contributed by atoms with Gasteiger partial charge in [-0.2, -0.15) is 5.10 Å². The number of benzene rings is 3. The molecule has 1 atom stereocenters. The van der Waals surface area contributed by atoms with Crippen molar-refractivity contribution in [2.45, 2.75) is 19.4 Å². The van der Waals surface area contributed by atoms with E-state index in [0.29, 0.717) is 11.5 Å². The Morgan fingerprint density at radius 3 is 2.58 bits per heavy atom. The lowest BCUT2D eigenvalue weighted by Crippen LogP contribution is -2.09. The molecule has 1 aliphatic rings. The van der Waals surface area contributed by atoms with Gasteiger partial charge < -0.3 is 10.7 Å². The number of halogens is 1. The minimum atomic E-state index is 0.154. The Bertz CT molecular complexity index is 1500. The second-order valence-corrected chi connectivity index (χ2v) is 8.49. The Morgan fingerprint density at radius 2 is 1.76 bits per heavy atom. The van der Waals surface area contributed by atoms with Gasteiger partial charge in [-0.1, -0.05) is 48.0 Å². The number of rotatable bonds is 4. The summed E-state index contributed by atoms with van der Waals surface area (Å²) in [6.07, 6.45) is 0.820. The van der Waals surface area contributed by atoms with Crippen LogP contribution in [0.1, 0.15) is 29.4 Å². The number of fused-ring (bicyclic) bond motifs is 3. The van der Waals surface area contributed by atoms with Crippen LogP contribution < -0.4 is 10.7 Å². The first-order chi connectivity index (χ1) is 16.2. The van der Waals surface area contributed by atoms with Crippen LogP contribution in [0, 0.1) is 6.92 Å². The number of hydrazone groups is 1. The van der Waals surface area contributed by atoms with Gasteiger partial charge in [0.25, 0.3) is 0 Å². The summed E-state index contributed by atoms with van der Waals surface area (Å²) < 4.78 is 2.02. The third-order valence-electron chi connectivity index (χ3n) is 5.90. The van der Waals surface area contributed by atoms with E-state index in [0.717, 1.165) is 45.3 Å². The molecule has 2 N–H and O–H groups in total. The van der Waals surface area contributed by atoms with Crippen molar-refractivity contribution in [2.75, 3.05) is 5.32 Å². The number of anilines is 2. The molecular formula is C25H20ClN7. The Labute approximate surface area is 195 Å². The molecule has 0 radical (unpaired) electrons. The van der Waals surface area contributed by atoms with Crippen molar-refractivity contribution in [2.24, 2.45) is 5.10 Å². The average Bonchev–Trinajstić information content (AvgIpc) is 3.48. The van der Waals surface area contributed by atoms with Crippen LogP contribution in [-0.4, -0.2) is 25.3 Å². The molecule has 1 aliphatic heterocycles. The van der Waals surface area contributed by atoms with Crippen molar-refractivity contribution in [3.8, 4) is 0 Å². The summed E-state index contributed by atoms with van der Waals surface area (Å²) in [6.45, 7) is 1.94. The van der Waals surface area contributed by atoms with Crippen molar-refractivity contribution in [1.82, 2.24) is 25.0 Å². The largest absolute Gasteiger partial charge is 0.337 e. The van der Waals surface area contributed by atoms with Crippen LogP contribution in [0.4, 0.5) is 11.5 Å². The van der Waals surface area contributed by atoms with Crippen LogP contribution in [0.15, 0.2) is 77.9 Å². The Hall–Kier alpha value is -3.97. The fourth-order valence-corrected chi connectivity index (χ4v) is 4.33. The number of nitrogens with zero attached hydrogens (tertiary/aromatic N) is 5. The topological polar surface area (TPSA) is 79.5 Å². The summed E-state index contributed by atoms with van der Waals surface area (Å²) in [5.41, 5.74) is 10.0. The maximum absolute atomic E-state index is 6.01. The van der Waals surface area contributed by atoms with Crippen molar-refractivity contribution < 1.29 is 0 Å². The SMILES string of the molecule is Cc1nnc2c(Nc3ccc(C4=NNC(c5ccc(Cl)cc5)C4)cc3)nc3ccccc3n12. The predicted molar refractivity (Wildman–Crippen MR) is 131 cm³/mol. The summed E-state index contributed by atoms with van der Waals surface area (Å²) in [6, 6.07) is 24.2. The fourth-order valence-electron chi connectivity index (χ4n) is 4.20. The third-order valence-corrected chi connectivity index (χ3v) is 6.15. The molecule has 0 saturated carbocycles. The molecule has 5 aromatic rings.